The van der Waals surface area contributed by atoms with Gasteiger partial charge in [-0.3, -0.25) is 9.59 Å². The minimum atomic E-state index is -0.903. The molecule has 0 radical (unpaired) electrons. The number of hydrogen-bond acceptors (Lipinski definition) is 4. The Morgan fingerprint density at radius 2 is 1.95 bits per heavy atom. The quantitative estimate of drug-likeness (QED) is 0.902. The van der Waals surface area contributed by atoms with Crippen LogP contribution in [0.5, 0.6) is 0 Å². The van der Waals surface area contributed by atoms with Gasteiger partial charge in [-0.25, -0.2) is 9.97 Å². The van der Waals surface area contributed by atoms with Gasteiger partial charge in [-0.05, 0) is 25.8 Å². The molecule has 0 bridgehead atoms. The minimum Gasteiger partial charge on any atom is -0.342 e. The molecule has 1 aliphatic rings. The maximum Gasteiger partial charge on any atom is 0.246 e. The average molecular weight is 290 g/mol. The zero-order chi connectivity index (χ0) is 15.6. The number of nitrogens with one attached hydrogen (secondary N) is 1. The number of piperazine rings is 1. The molecule has 6 heteroatoms. The van der Waals surface area contributed by atoms with Crippen molar-refractivity contribution >= 4 is 11.8 Å². The first-order chi connectivity index (χ1) is 9.87. The molecule has 2 amide bonds. The molecule has 6 nitrogen and oxygen atoms in total. The molecule has 0 aliphatic carbocycles. The highest BCUT2D eigenvalue weighted by molar-refractivity contribution is 5.99. The van der Waals surface area contributed by atoms with E-state index in [-0.39, 0.29) is 24.3 Å². The van der Waals surface area contributed by atoms with Crippen molar-refractivity contribution in [1.82, 2.24) is 20.2 Å². The number of carbonyl (C=O) groups excluding carboxylic acids is 2. The smallest absolute Gasteiger partial charge is 0.246 e. The van der Waals surface area contributed by atoms with Crippen LogP contribution in [0.2, 0.25) is 0 Å². The molecule has 1 aromatic heterocycles. The number of rotatable bonds is 4. The van der Waals surface area contributed by atoms with Crippen molar-refractivity contribution in [3.05, 3.63) is 24.3 Å². The third-order valence-corrected chi connectivity index (χ3v) is 4.18. The highest BCUT2D eigenvalue weighted by Gasteiger charge is 2.47. The van der Waals surface area contributed by atoms with Crippen molar-refractivity contribution in [3.8, 4) is 0 Å². The summed E-state index contributed by atoms with van der Waals surface area (Å²) in [7, 11) is 0. The summed E-state index contributed by atoms with van der Waals surface area (Å²) < 4.78 is 0. The monoisotopic (exact) mass is 290 g/mol. The van der Waals surface area contributed by atoms with Crippen molar-refractivity contribution in [2.24, 2.45) is 5.92 Å². The van der Waals surface area contributed by atoms with Gasteiger partial charge in [0, 0.05) is 12.4 Å². The third kappa shape index (κ3) is 2.89. The lowest BCUT2D eigenvalue weighted by Crippen LogP contribution is -2.69. The van der Waals surface area contributed by atoms with E-state index in [0.29, 0.717) is 5.82 Å². The van der Waals surface area contributed by atoms with Gasteiger partial charge in [0.15, 0.2) is 0 Å². The first kappa shape index (κ1) is 15.4. The standard InChI is InChI=1S/C15H22N4O2/c1-5-10(2)12-13(20)19(15(3,4)14(21)18-12)9-11-16-7-6-8-17-11/h6-8,10,12H,5,9H2,1-4H3,(H,18,21). The molecule has 1 aliphatic heterocycles. The minimum absolute atomic E-state index is 0.0681. The van der Waals surface area contributed by atoms with Gasteiger partial charge >= 0.3 is 0 Å². The van der Waals surface area contributed by atoms with E-state index in [1.165, 1.54) is 0 Å². The Balaban J connectivity index is 2.29. The molecular formula is C15H22N4O2. The number of aromatic nitrogens is 2. The molecule has 2 atom stereocenters. The van der Waals surface area contributed by atoms with Crippen LogP contribution in [0.1, 0.15) is 39.9 Å². The van der Waals surface area contributed by atoms with E-state index in [2.05, 4.69) is 15.3 Å². The lowest BCUT2D eigenvalue weighted by molar-refractivity contribution is -0.157. The maximum absolute atomic E-state index is 12.7. The summed E-state index contributed by atoms with van der Waals surface area (Å²) in [6, 6.07) is 1.25. The van der Waals surface area contributed by atoms with Crippen LogP contribution in [0.3, 0.4) is 0 Å². The summed E-state index contributed by atoms with van der Waals surface area (Å²) in [4.78, 5) is 35.0. The van der Waals surface area contributed by atoms with Gasteiger partial charge in [0.25, 0.3) is 0 Å². The molecule has 1 aromatic rings. The van der Waals surface area contributed by atoms with E-state index >= 15 is 0 Å². The number of amides is 2. The van der Waals surface area contributed by atoms with Crippen LogP contribution in [0.4, 0.5) is 0 Å². The molecule has 2 rings (SSSR count). The molecule has 0 saturated carbocycles. The molecule has 114 valence electrons. The molecule has 1 saturated heterocycles. The average Bonchev–Trinajstić information content (AvgIpc) is 2.48. The third-order valence-electron chi connectivity index (χ3n) is 4.18. The summed E-state index contributed by atoms with van der Waals surface area (Å²) in [5.74, 6) is 0.429. The van der Waals surface area contributed by atoms with Gasteiger partial charge in [0.2, 0.25) is 11.8 Å². The zero-order valence-electron chi connectivity index (χ0n) is 13.0. The van der Waals surface area contributed by atoms with E-state index in [1.54, 1.807) is 37.2 Å². The number of carbonyl (C=O) groups is 2. The Bertz CT molecular complexity index is 530. The predicted octanol–water partition coefficient (Wildman–Crippen LogP) is 1.13. The van der Waals surface area contributed by atoms with Crippen LogP contribution < -0.4 is 5.32 Å². The Hall–Kier alpha value is -1.98. The van der Waals surface area contributed by atoms with Crippen molar-refractivity contribution in [3.63, 3.8) is 0 Å². The molecular weight excluding hydrogens is 268 g/mol. The van der Waals surface area contributed by atoms with E-state index in [9.17, 15) is 9.59 Å². The van der Waals surface area contributed by atoms with Crippen molar-refractivity contribution in [2.45, 2.75) is 52.2 Å². The van der Waals surface area contributed by atoms with Gasteiger partial charge in [0.1, 0.15) is 17.4 Å². The van der Waals surface area contributed by atoms with Gasteiger partial charge in [-0.1, -0.05) is 20.3 Å². The summed E-state index contributed by atoms with van der Waals surface area (Å²) in [5.41, 5.74) is -0.903. The van der Waals surface area contributed by atoms with E-state index in [1.807, 2.05) is 13.8 Å². The molecule has 0 spiro atoms. The fourth-order valence-electron chi connectivity index (χ4n) is 2.40. The van der Waals surface area contributed by atoms with Crippen molar-refractivity contribution in [2.75, 3.05) is 0 Å². The second kappa shape index (κ2) is 5.79. The predicted molar refractivity (Wildman–Crippen MR) is 78.0 cm³/mol. The first-order valence-electron chi connectivity index (χ1n) is 7.26. The highest BCUT2D eigenvalue weighted by Crippen LogP contribution is 2.26. The maximum atomic E-state index is 12.7. The number of hydrogen-bond donors (Lipinski definition) is 1. The second-order valence-electron chi connectivity index (χ2n) is 5.99. The van der Waals surface area contributed by atoms with Gasteiger partial charge in [-0.15, -0.1) is 0 Å². The largest absolute Gasteiger partial charge is 0.342 e. The van der Waals surface area contributed by atoms with Crippen LogP contribution in [-0.2, 0) is 16.1 Å². The van der Waals surface area contributed by atoms with Gasteiger partial charge in [-0.2, -0.15) is 0 Å². The van der Waals surface area contributed by atoms with Crippen LogP contribution >= 0.6 is 0 Å². The van der Waals surface area contributed by atoms with E-state index in [0.717, 1.165) is 6.42 Å². The lowest BCUT2D eigenvalue weighted by atomic mass is 9.89. The summed E-state index contributed by atoms with van der Waals surface area (Å²) in [6.45, 7) is 7.71. The van der Waals surface area contributed by atoms with Gasteiger partial charge in [0.05, 0.1) is 6.54 Å². The molecule has 2 heterocycles. The van der Waals surface area contributed by atoms with Crippen LogP contribution in [-0.4, -0.2) is 38.3 Å². The Kier molecular flexibility index (Phi) is 4.25. The fourth-order valence-corrected chi connectivity index (χ4v) is 2.40. The molecule has 21 heavy (non-hydrogen) atoms. The zero-order valence-corrected chi connectivity index (χ0v) is 13.0. The molecule has 0 aromatic carbocycles. The normalized spacial score (nSPS) is 22.9. The SMILES string of the molecule is CCC(C)C1NC(=O)C(C)(C)N(Cc2ncccn2)C1=O. The van der Waals surface area contributed by atoms with Crippen LogP contribution in [0, 0.1) is 5.92 Å². The Morgan fingerprint density at radius 1 is 1.33 bits per heavy atom. The summed E-state index contributed by atoms with van der Waals surface area (Å²) in [6.07, 6.45) is 4.10. The summed E-state index contributed by atoms with van der Waals surface area (Å²) in [5, 5.41) is 2.85. The van der Waals surface area contributed by atoms with E-state index in [4.69, 9.17) is 0 Å². The molecule has 1 N–H and O–H groups in total. The number of nitrogens with zero attached hydrogens (tertiary/aromatic N) is 3. The molecule has 2 unspecified atom stereocenters. The fraction of sp³-hybridized carbons (Fsp3) is 0.600. The van der Waals surface area contributed by atoms with Crippen molar-refractivity contribution < 1.29 is 9.59 Å². The van der Waals surface area contributed by atoms with Gasteiger partial charge < -0.3 is 10.2 Å². The topological polar surface area (TPSA) is 75.2 Å². The molecule has 1 fully saturated rings. The Labute approximate surface area is 125 Å². The second-order valence-corrected chi connectivity index (χ2v) is 5.99. The van der Waals surface area contributed by atoms with E-state index < -0.39 is 11.6 Å². The van der Waals surface area contributed by atoms with Crippen LogP contribution in [0.25, 0.3) is 0 Å². The summed E-state index contributed by atoms with van der Waals surface area (Å²) >= 11 is 0. The Morgan fingerprint density at radius 3 is 2.52 bits per heavy atom. The first-order valence-corrected chi connectivity index (χ1v) is 7.26. The van der Waals surface area contributed by atoms with Crippen LogP contribution in [0.15, 0.2) is 18.5 Å². The highest BCUT2D eigenvalue weighted by atomic mass is 16.2. The van der Waals surface area contributed by atoms with Crippen molar-refractivity contribution in [1.29, 1.82) is 0 Å². The lowest BCUT2D eigenvalue weighted by Gasteiger charge is -2.45.